The fourth-order valence-electron chi connectivity index (χ4n) is 2.49. The van der Waals surface area contributed by atoms with Gasteiger partial charge in [0.1, 0.15) is 11.1 Å². The summed E-state index contributed by atoms with van der Waals surface area (Å²) < 4.78 is 6.11. The van der Waals surface area contributed by atoms with Gasteiger partial charge >= 0.3 is 0 Å². The van der Waals surface area contributed by atoms with Crippen molar-refractivity contribution < 1.29 is 4.74 Å². The third-order valence-electron chi connectivity index (χ3n) is 3.48. The monoisotopic (exact) mass is 321 g/mol. The summed E-state index contributed by atoms with van der Waals surface area (Å²) in [6, 6.07) is 3.40. The normalized spacial score (nSPS) is 20.8. The summed E-state index contributed by atoms with van der Waals surface area (Å²) in [5.74, 6) is 1.36. The summed E-state index contributed by atoms with van der Waals surface area (Å²) in [5, 5.41) is 4.73. The van der Waals surface area contributed by atoms with Crippen molar-refractivity contribution in [2.45, 2.75) is 26.4 Å². The van der Waals surface area contributed by atoms with Gasteiger partial charge in [0.25, 0.3) is 0 Å². The van der Waals surface area contributed by atoms with Gasteiger partial charge in [0.15, 0.2) is 5.75 Å². The topological polar surface area (TPSA) is 21.3 Å². The molecule has 1 aliphatic heterocycles. The van der Waals surface area contributed by atoms with Crippen molar-refractivity contribution in [2.24, 2.45) is 11.8 Å². The van der Waals surface area contributed by atoms with Crippen LogP contribution in [0.15, 0.2) is 12.1 Å². The zero-order valence-corrected chi connectivity index (χ0v) is 13.3. The van der Waals surface area contributed by atoms with E-state index < -0.39 is 0 Å². The van der Waals surface area contributed by atoms with E-state index in [0.29, 0.717) is 32.7 Å². The van der Waals surface area contributed by atoms with Gasteiger partial charge in [-0.2, -0.15) is 0 Å². The Hall–Kier alpha value is -0.150. The summed E-state index contributed by atoms with van der Waals surface area (Å²) in [4.78, 5) is 0. The first-order chi connectivity index (χ1) is 9.00. The second-order valence-corrected chi connectivity index (χ2v) is 6.44. The second kappa shape index (κ2) is 6.53. The van der Waals surface area contributed by atoms with Crippen molar-refractivity contribution in [3.63, 3.8) is 0 Å². The van der Waals surface area contributed by atoms with Crippen LogP contribution in [0.2, 0.25) is 15.1 Å². The summed E-state index contributed by atoms with van der Waals surface area (Å²) in [6.07, 6.45) is 1.20. The summed E-state index contributed by atoms with van der Waals surface area (Å²) >= 11 is 18.4. The molecule has 1 heterocycles. The first-order valence-electron chi connectivity index (χ1n) is 6.51. The Morgan fingerprint density at radius 2 is 1.89 bits per heavy atom. The third-order valence-corrected chi connectivity index (χ3v) is 4.56. The van der Waals surface area contributed by atoms with Gasteiger partial charge < -0.3 is 10.1 Å². The summed E-state index contributed by atoms with van der Waals surface area (Å²) in [6.45, 7) is 6.30. The van der Waals surface area contributed by atoms with Crippen molar-refractivity contribution in [1.29, 1.82) is 0 Å². The third kappa shape index (κ3) is 3.49. The van der Waals surface area contributed by atoms with Crippen LogP contribution in [0.5, 0.6) is 5.75 Å². The standard InChI is InChI=1S/C14H18Cl3NO/c1-8(2)13(9-5-6-18-7-9)19-14-11(16)4-3-10(15)12(14)17/h3-4,8-9,13,18H,5-7H2,1-2H3/t9?,13-/m0/s1. The number of hydrogen-bond acceptors (Lipinski definition) is 2. The lowest BCUT2D eigenvalue weighted by atomic mass is 9.92. The smallest absolute Gasteiger partial charge is 0.158 e. The van der Waals surface area contributed by atoms with Crippen molar-refractivity contribution in [2.75, 3.05) is 13.1 Å². The zero-order valence-electron chi connectivity index (χ0n) is 11.1. The Labute approximate surface area is 129 Å². The minimum atomic E-state index is 0.0865. The Morgan fingerprint density at radius 1 is 1.21 bits per heavy atom. The Balaban J connectivity index is 2.24. The summed E-state index contributed by atoms with van der Waals surface area (Å²) in [5.41, 5.74) is 0. The highest BCUT2D eigenvalue weighted by atomic mass is 35.5. The van der Waals surface area contributed by atoms with E-state index in [1.807, 2.05) is 0 Å². The van der Waals surface area contributed by atoms with Gasteiger partial charge in [-0.15, -0.1) is 0 Å². The summed E-state index contributed by atoms with van der Waals surface area (Å²) in [7, 11) is 0. The van der Waals surface area contributed by atoms with E-state index in [1.165, 1.54) is 0 Å². The van der Waals surface area contributed by atoms with Crippen LogP contribution in [0.1, 0.15) is 20.3 Å². The molecule has 106 valence electrons. The van der Waals surface area contributed by atoms with Crippen LogP contribution in [0.3, 0.4) is 0 Å². The van der Waals surface area contributed by atoms with E-state index in [1.54, 1.807) is 12.1 Å². The number of nitrogens with one attached hydrogen (secondary N) is 1. The largest absolute Gasteiger partial charge is 0.487 e. The molecule has 1 aromatic rings. The number of hydrogen-bond donors (Lipinski definition) is 1. The van der Waals surface area contributed by atoms with Crippen LogP contribution >= 0.6 is 34.8 Å². The van der Waals surface area contributed by atoms with Crippen molar-refractivity contribution in [3.05, 3.63) is 27.2 Å². The molecule has 1 saturated heterocycles. The van der Waals surface area contributed by atoms with Gasteiger partial charge in [-0.25, -0.2) is 0 Å². The lowest BCUT2D eigenvalue weighted by Crippen LogP contribution is -2.33. The van der Waals surface area contributed by atoms with E-state index in [-0.39, 0.29) is 6.10 Å². The molecule has 0 amide bonds. The van der Waals surface area contributed by atoms with Crippen molar-refractivity contribution in [1.82, 2.24) is 5.32 Å². The van der Waals surface area contributed by atoms with Crippen LogP contribution in [-0.4, -0.2) is 19.2 Å². The molecule has 0 aliphatic carbocycles. The fourth-order valence-corrected chi connectivity index (χ4v) is 3.10. The van der Waals surface area contributed by atoms with Crippen LogP contribution in [0, 0.1) is 11.8 Å². The predicted octanol–water partition coefficient (Wildman–Crippen LogP) is 4.66. The van der Waals surface area contributed by atoms with Crippen LogP contribution in [0.4, 0.5) is 0 Å². The Morgan fingerprint density at radius 3 is 2.47 bits per heavy atom. The maximum atomic E-state index is 6.20. The van der Waals surface area contributed by atoms with Crippen LogP contribution in [0.25, 0.3) is 0 Å². The molecular formula is C14H18Cl3NO. The average molecular weight is 323 g/mol. The van der Waals surface area contributed by atoms with Gasteiger partial charge in [-0.05, 0) is 31.0 Å². The molecule has 5 heteroatoms. The molecule has 0 spiro atoms. The van der Waals surface area contributed by atoms with Gasteiger partial charge in [0.2, 0.25) is 0 Å². The molecule has 1 fully saturated rings. The molecule has 1 N–H and O–H groups in total. The maximum Gasteiger partial charge on any atom is 0.158 e. The SMILES string of the molecule is CC(C)[C@H](Oc1c(Cl)ccc(Cl)c1Cl)C1CCNC1. The molecule has 19 heavy (non-hydrogen) atoms. The van der Waals surface area contributed by atoms with Gasteiger partial charge in [-0.3, -0.25) is 0 Å². The van der Waals surface area contributed by atoms with Gasteiger partial charge in [0.05, 0.1) is 10.0 Å². The predicted molar refractivity (Wildman–Crippen MR) is 81.7 cm³/mol. The van der Waals surface area contributed by atoms with E-state index in [0.717, 1.165) is 19.5 Å². The molecule has 1 unspecified atom stereocenters. The molecule has 0 saturated carbocycles. The highest BCUT2D eigenvalue weighted by molar-refractivity contribution is 6.44. The van der Waals surface area contributed by atoms with Crippen LogP contribution < -0.4 is 10.1 Å². The fraction of sp³-hybridized carbons (Fsp3) is 0.571. The number of ether oxygens (including phenoxy) is 1. The lowest BCUT2D eigenvalue weighted by Gasteiger charge is -2.28. The molecule has 2 atom stereocenters. The first kappa shape index (κ1) is 15.2. The maximum absolute atomic E-state index is 6.20. The van der Waals surface area contributed by atoms with Gasteiger partial charge in [0, 0.05) is 12.5 Å². The molecule has 2 rings (SSSR count). The molecule has 0 bridgehead atoms. The molecule has 0 radical (unpaired) electrons. The Bertz CT molecular complexity index is 445. The molecule has 0 aromatic heterocycles. The minimum absolute atomic E-state index is 0.0865. The molecule has 1 aliphatic rings. The van der Waals surface area contributed by atoms with Gasteiger partial charge in [-0.1, -0.05) is 48.7 Å². The van der Waals surface area contributed by atoms with E-state index in [2.05, 4.69) is 19.2 Å². The number of benzene rings is 1. The van der Waals surface area contributed by atoms with Crippen LogP contribution in [-0.2, 0) is 0 Å². The zero-order chi connectivity index (χ0) is 14.0. The average Bonchev–Trinajstić information content (AvgIpc) is 2.87. The van der Waals surface area contributed by atoms with Crippen molar-refractivity contribution in [3.8, 4) is 5.75 Å². The van der Waals surface area contributed by atoms with E-state index in [4.69, 9.17) is 39.5 Å². The van der Waals surface area contributed by atoms with E-state index >= 15 is 0 Å². The Kier molecular flexibility index (Phi) is 5.24. The lowest BCUT2D eigenvalue weighted by molar-refractivity contribution is 0.0976. The highest BCUT2D eigenvalue weighted by Crippen LogP contribution is 2.40. The minimum Gasteiger partial charge on any atom is -0.487 e. The highest BCUT2D eigenvalue weighted by Gasteiger charge is 2.30. The first-order valence-corrected chi connectivity index (χ1v) is 7.65. The number of halogens is 3. The molecule has 2 nitrogen and oxygen atoms in total. The molecule has 1 aromatic carbocycles. The molecular weight excluding hydrogens is 305 g/mol. The number of rotatable bonds is 4. The van der Waals surface area contributed by atoms with E-state index in [9.17, 15) is 0 Å². The second-order valence-electron chi connectivity index (χ2n) is 5.25. The van der Waals surface area contributed by atoms with Crippen molar-refractivity contribution >= 4 is 34.8 Å². The quantitative estimate of drug-likeness (QED) is 0.814.